The number of rotatable bonds is 7. The van der Waals surface area contributed by atoms with Crippen molar-refractivity contribution in [1.82, 2.24) is 4.90 Å². The fourth-order valence-electron chi connectivity index (χ4n) is 3.19. The molecule has 0 bridgehead atoms. The number of ether oxygens (including phenoxy) is 1. The largest absolute Gasteiger partial charge is 0.492 e. The van der Waals surface area contributed by atoms with Crippen molar-refractivity contribution in [3.05, 3.63) is 65.7 Å². The monoisotopic (exact) mass is 351 g/mol. The summed E-state index contributed by atoms with van der Waals surface area (Å²) < 4.78 is 5.82. The molecule has 0 aliphatic carbocycles. The van der Waals surface area contributed by atoms with Crippen LogP contribution in [0.3, 0.4) is 0 Å². The SMILES string of the molecule is O=C(O)/C(=C\c1ccc(OCCN2CCCCC2)cc1)c1ccccc1. The number of carboxylic acids is 1. The molecule has 0 unspecified atom stereocenters. The van der Waals surface area contributed by atoms with Gasteiger partial charge in [-0.15, -0.1) is 0 Å². The maximum atomic E-state index is 11.6. The maximum absolute atomic E-state index is 11.6. The Morgan fingerprint density at radius 2 is 1.69 bits per heavy atom. The molecule has 0 radical (unpaired) electrons. The smallest absolute Gasteiger partial charge is 0.336 e. The zero-order valence-corrected chi connectivity index (χ0v) is 14.9. The van der Waals surface area contributed by atoms with Crippen molar-refractivity contribution in [2.24, 2.45) is 0 Å². The molecule has 4 nitrogen and oxygen atoms in total. The van der Waals surface area contributed by atoms with Crippen LogP contribution in [0, 0.1) is 0 Å². The molecule has 0 aromatic heterocycles. The fraction of sp³-hybridized carbons (Fsp3) is 0.318. The molecule has 3 rings (SSSR count). The van der Waals surface area contributed by atoms with Gasteiger partial charge >= 0.3 is 5.97 Å². The topological polar surface area (TPSA) is 49.8 Å². The van der Waals surface area contributed by atoms with E-state index in [-0.39, 0.29) is 5.57 Å². The Bertz CT molecular complexity index is 732. The standard InChI is InChI=1S/C22H25NO3/c24-22(25)21(19-7-3-1-4-8-19)17-18-9-11-20(12-10-18)26-16-15-23-13-5-2-6-14-23/h1,3-4,7-12,17H,2,5-6,13-16H2,(H,24,25)/b21-17-. The lowest BCUT2D eigenvalue weighted by Crippen LogP contribution is -2.33. The lowest BCUT2D eigenvalue weighted by molar-refractivity contribution is -0.130. The van der Waals surface area contributed by atoms with E-state index in [2.05, 4.69) is 4.90 Å². The molecule has 4 heteroatoms. The molecular weight excluding hydrogens is 326 g/mol. The number of nitrogens with zero attached hydrogens (tertiary/aromatic N) is 1. The van der Waals surface area contributed by atoms with Gasteiger partial charge in [0.15, 0.2) is 0 Å². The molecule has 0 atom stereocenters. The summed E-state index contributed by atoms with van der Waals surface area (Å²) in [5.41, 5.74) is 1.82. The molecule has 1 aliphatic heterocycles. The summed E-state index contributed by atoms with van der Waals surface area (Å²) in [6.07, 6.45) is 5.60. The molecule has 26 heavy (non-hydrogen) atoms. The molecule has 1 aliphatic rings. The molecule has 1 N–H and O–H groups in total. The van der Waals surface area contributed by atoms with Crippen LogP contribution in [0.4, 0.5) is 0 Å². The van der Waals surface area contributed by atoms with Gasteiger partial charge in [-0.05, 0) is 55.3 Å². The van der Waals surface area contributed by atoms with Crippen molar-refractivity contribution < 1.29 is 14.6 Å². The molecule has 2 aromatic rings. The fourth-order valence-corrected chi connectivity index (χ4v) is 3.19. The van der Waals surface area contributed by atoms with Crippen LogP contribution in [0.5, 0.6) is 5.75 Å². The van der Waals surface area contributed by atoms with E-state index in [0.29, 0.717) is 12.2 Å². The van der Waals surface area contributed by atoms with Gasteiger partial charge in [-0.1, -0.05) is 48.9 Å². The molecule has 0 spiro atoms. The predicted molar refractivity (Wildman–Crippen MR) is 104 cm³/mol. The number of carboxylic acid groups (broad SMARTS) is 1. The summed E-state index contributed by atoms with van der Waals surface area (Å²) in [7, 11) is 0. The van der Waals surface area contributed by atoms with Crippen LogP contribution in [-0.4, -0.2) is 42.2 Å². The van der Waals surface area contributed by atoms with E-state index >= 15 is 0 Å². The highest BCUT2D eigenvalue weighted by molar-refractivity contribution is 6.20. The molecule has 136 valence electrons. The van der Waals surface area contributed by atoms with E-state index in [9.17, 15) is 9.90 Å². The van der Waals surface area contributed by atoms with Crippen LogP contribution in [0.2, 0.25) is 0 Å². The number of hydrogen-bond acceptors (Lipinski definition) is 3. The first-order valence-corrected chi connectivity index (χ1v) is 9.18. The van der Waals surface area contributed by atoms with Crippen molar-refractivity contribution in [3.63, 3.8) is 0 Å². The van der Waals surface area contributed by atoms with E-state index in [1.807, 2.05) is 42.5 Å². The summed E-state index contributed by atoms with van der Waals surface area (Å²) in [4.78, 5) is 14.0. The van der Waals surface area contributed by atoms with Crippen molar-refractivity contribution >= 4 is 17.6 Å². The van der Waals surface area contributed by atoms with E-state index < -0.39 is 5.97 Å². The van der Waals surface area contributed by atoms with E-state index in [1.54, 1.807) is 18.2 Å². The van der Waals surface area contributed by atoms with E-state index in [1.165, 1.54) is 32.4 Å². The summed E-state index contributed by atoms with van der Waals surface area (Å²) in [6, 6.07) is 16.7. The molecule has 1 heterocycles. The normalized spacial score (nSPS) is 15.6. The second kappa shape index (κ2) is 9.20. The highest BCUT2D eigenvalue weighted by Gasteiger charge is 2.11. The van der Waals surface area contributed by atoms with Crippen LogP contribution in [0.15, 0.2) is 54.6 Å². The molecule has 1 fully saturated rings. The van der Waals surface area contributed by atoms with Crippen molar-refractivity contribution in [1.29, 1.82) is 0 Å². The molecule has 0 amide bonds. The lowest BCUT2D eigenvalue weighted by atomic mass is 10.0. The van der Waals surface area contributed by atoms with E-state index in [0.717, 1.165) is 17.9 Å². The Morgan fingerprint density at radius 3 is 2.35 bits per heavy atom. The third kappa shape index (κ3) is 5.20. The first kappa shape index (κ1) is 18.2. The Kier molecular flexibility index (Phi) is 6.45. The van der Waals surface area contributed by atoms with E-state index in [4.69, 9.17) is 4.74 Å². The molecular formula is C22H25NO3. The first-order valence-electron chi connectivity index (χ1n) is 9.18. The molecule has 0 saturated carbocycles. The van der Waals surface area contributed by atoms with Crippen molar-refractivity contribution in [2.45, 2.75) is 19.3 Å². The van der Waals surface area contributed by atoms with Gasteiger partial charge in [0, 0.05) is 6.54 Å². The average molecular weight is 351 g/mol. The second-order valence-electron chi connectivity index (χ2n) is 6.55. The Hall–Kier alpha value is -2.59. The Balaban J connectivity index is 1.60. The summed E-state index contributed by atoms with van der Waals surface area (Å²) in [6.45, 7) is 3.98. The number of benzene rings is 2. The van der Waals surface area contributed by atoms with Gasteiger partial charge in [-0.25, -0.2) is 4.79 Å². The third-order valence-electron chi connectivity index (χ3n) is 4.63. The number of piperidine rings is 1. The number of aliphatic carboxylic acids is 1. The summed E-state index contributed by atoms with van der Waals surface area (Å²) in [5, 5.41) is 9.48. The third-order valence-corrected chi connectivity index (χ3v) is 4.63. The average Bonchev–Trinajstić information content (AvgIpc) is 2.68. The predicted octanol–water partition coefficient (Wildman–Crippen LogP) is 4.18. The van der Waals surface area contributed by atoms with Gasteiger partial charge in [0.25, 0.3) is 0 Å². The van der Waals surface area contributed by atoms with Crippen molar-refractivity contribution in [2.75, 3.05) is 26.2 Å². The molecule has 1 saturated heterocycles. The van der Waals surface area contributed by atoms with Gasteiger partial charge in [-0.3, -0.25) is 4.90 Å². The van der Waals surface area contributed by atoms with Gasteiger partial charge in [-0.2, -0.15) is 0 Å². The number of carbonyl (C=O) groups is 1. The highest BCUT2D eigenvalue weighted by atomic mass is 16.5. The van der Waals surface area contributed by atoms with Gasteiger partial charge in [0.1, 0.15) is 12.4 Å². The van der Waals surface area contributed by atoms with Crippen LogP contribution in [0.25, 0.3) is 11.6 Å². The second-order valence-corrected chi connectivity index (χ2v) is 6.55. The minimum atomic E-state index is -0.932. The van der Waals surface area contributed by atoms with Crippen LogP contribution < -0.4 is 4.74 Å². The summed E-state index contributed by atoms with van der Waals surface area (Å²) >= 11 is 0. The van der Waals surface area contributed by atoms with Gasteiger partial charge < -0.3 is 9.84 Å². The quantitative estimate of drug-likeness (QED) is 0.601. The van der Waals surface area contributed by atoms with Gasteiger partial charge in [0.05, 0.1) is 5.57 Å². The number of hydrogen-bond donors (Lipinski definition) is 1. The summed E-state index contributed by atoms with van der Waals surface area (Å²) in [5.74, 6) is -0.117. The van der Waals surface area contributed by atoms with Crippen molar-refractivity contribution in [3.8, 4) is 5.75 Å². The lowest BCUT2D eigenvalue weighted by Gasteiger charge is -2.26. The Morgan fingerprint density at radius 1 is 1.00 bits per heavy atom. The highest BCUT2D eigenvalue weighted by Crippen LogP contribution is 2.20. The Labute approximate surface area is 154 Å². The first-order chi connectivity index (χ1) is 12.7. The maximum Gasteiger partial charge on any atom is 0.336 e. The number of likely N-dealkylation sites (tertiary alicyclic amines) is 1. The van der Waals surface area contributed by atoms with Crippen LogP contribution in [0.1, 0.15) is 30.4 Å². The minimum absolute atomic E-state index is 0.282. The zero-order valence-electron chi connectivity index (χ0n) is 14.9. The zero-order chi connectivity index (χ0) is 18.2. The van der Waals surface area contributed by atoms with Crippen LogP contribution in [-0.2, 0) is 4.79 Å². The van der Waals surface area contributed by atoms with Gasteiger partial charge in [0.2, 0.25) is 0 Å². The minimum Gasteiger partial charge on any atom is -0.492 e. The van der Waals surface area contributed by atoms with Crippen LogP contribution >= 0.6 is 0 Å². The molecule has 2 aromatic carbocycles.